The summed E-state index contributed by atoms with van der Waals surface area (Å²) in [4.78, 5) is 18.8. The molecule has 8 heteroatoms. The van der Waals surface area contributed by atoms with Gasteiger partial charge in [0.25, 0.3) is 0 Å². The zero-order valence-electron chi connectivity index (χ0n) is 12.2. The molecule has 1 aliphatic rings. The molecule has 0 saturated carbocycles. The molecule has 1 fully saturated rings. The third-order valence-corrected chi connectivity index (χ3v) is 3.32. The van der Waals surface area contributed by atoms with E-state index in [1.807, 2.05) is 6.92 Å². The molecular formula is C13H21N5O3. The van der Waals surface area contributed by atoms with Crippen LogP contribution in [0.2, 0.25) is 0 Å². The van der Waals surface area contributed by atoms with Crippen LogP contribution in [0, 0.1) is 10.1 Å². The highest BCUT2D eigenvalue weighted by atomic mass is 16.6. The largest absolute Gasteiger partial charge is 0.376 e. The molecule has 0 aliphatic carbocycles. The Hall–Kier alpha value is -1.96. The fourth-order valence-electron chi connectivity index (χ4n) is 2.23. The van der Waals surface area contributed by atoms with Gasteiger partial charge in [-0.1, -0.05) is 6.92 Å². The van der Waals surface area contributed by atoms with Crippen LogP contribution in [-0.4, -0.2) is 40.7 Å². The molecular weight excluding hydrogens is 274 g/mol. The van der Waals surface area contributed by atoms with Crippen LogP contribution in [0.1, 0.15) is 32.6 Å². The number of ether oxygens (including phenoxy) is 1. The molecule has 2 rings (SSSR count). The molecule has 0 spiro atoms. The second kappa shape index (κ2) is 7.72. The number of nitrogens with one attached hydrogen (secondary N) is 2. The van der Waals surface area contributed by atoms with Gasteiger partial charge < -0.3 is 15.4 Å². The molecule has 2 heterocycles. The van der Waals surface area contributed by atoms with E-state index < -0.39 is 4.92 Å². The molecule has 1 atom stereocenters. The summed E-state index contributed by atoms with van der Waals surface area (Å²) >= 11 is 0. The summed E-state index contributed by atoms with van der Waals surface area (Å²) in [6.07, 6.45) is 5.44. The molecule has 0 bridgehead atoms. The Kier molecular flexibility index (Phi) is 5.68. The first-order valence-corrected chi connectivity index (χ1v) is 7.31. The molecule has 1 saturated heterocycles. The number of anilines is 2. The molecule has 2 N–H and O–H groups in total. The number of rotatable bonds is 7. The number of aromatic nitrogens is 2. The summed E-state index contributed by atoms with van der Waals surface area (Å²) in [7, 11) is 0. The number of hydrogen-bond donors (Lipinski definition) is 2. The second-order valence-electron chi connectivity index (χ2n) is 4.97. The Balaban J connectivity index is 2.07. The van der Waals surface area contributed by atoms with E-state index in [9.17, 15) is 10.1 Å². The smallest absolute Gasteiger partial charge is 0.353 e. The van der Waals surface area contributed by atoms with Gasteiger partial charge in [-0.15, -0.1) is 0 Å². The molecule has 21 heavy (non-hydrogen) atoms. The summed E-state index contributed by atoms with van der Waals surface area (Å²) in [6.45, 7) is 3.88. The molecule has 0 aromatic carbocycles. The lowest BCUT2D eigenvalue weighted by Gasteiger charge is -2.22. The SMILES string of the molecule is CCCNc1ncnc(NCC2CCCCO2)c1[N+](=O)[O-]. The van der Waals surface area contributed by atoms with Gasteiger partial charge in [-0.3, -0.25) is 10.1 Å². The molecule has 0 radical (unpaired) electrons. The zero-order chi connectivity index (χ0) is 15.1. The molecule has 0 amide bonds. The van der Waals surface area contributed by atoms with Gasteiger partial charge in [0.15, 0.2) is 0 Å². The fourth-order valence-corrected chi connectivity index (χ4v) is 2.23. The maximum absolute atomic E-state index is 11.3. The van der Waals surface area contributed by atoms with Crippen molar-refractivity contribution in [3.05, 3.63) is 16.4 Å². The fraction of sp³-hybridized carbons (Fsp3) is 0.692. The van der Waals surface area contributed by atoms with Crippen LogP contribution in [0.25, 0.3) is 0 Å². The van der Waals surface area contributed by atoms with E-state index in [-0.39, 0.29) is 23.4 Å². The van der Waals surface area contributed by atoms with Crippen LogP contribution in [0.15, 0.2) is 6.33 Å². The lowest BCUT2D eigenvalue weighted by Crippen LogP contribution is -2.27. The summed E-state index contributed by atoms with van der Waals surface area (Å²) in [5.41, 5.74) is -0.109. The standard InChI is InChI=1S/C13H21N5O3/c1-2-6-14-12-11(18(19)20)13(17-9-16-12)15-8-10-5-3-4-7-21-10/h9-10H,2-8H2,1H3,(H2,14,15,16,17). The van der Waals surface area contributed by atoms with Crippen LogP contribution in [0.3, 0.4) is 0 Å². The van der Waals surface area contributed by atoms with Crippen molar-refractivity contribution in [2.24, 2.45) is 0 Å². The van der Waals surface area contributed by atoms with E-state index in [2.05, 4.69) is 20.6 Å². The van der Waals surface area contributed by atoms with E-state index in [0.717, 1.165) is 32.3 Å². The van der Waals surface area contributed by atoms with E-state index in [1.165, 1.54) is 6.33 Å². The van der Waals surface area contributed by atoms with E-state index in [0.29, 0.717) is 13.1 Å². The van der Waals surface area contributed by atoms with Gasteiger partial charge in [0.2, 0.25) is 11.6 Å². The van der Waals surface area contributed by atoms with Crippen molar-refractivity contribution < 1.29 is 9.66 Å². The Labute approximate surface area is 123 Å². The number of hydrogen-bond acceptors (Lipinski definition) is 7. The van der Waals surface area contributed by atoms with Gasteiger partial charge in [0.1, 0.15) is 6.33 Å². The van der Waals surface area contributed by atoms with Crippen LogP contribution in [0.5, 0.6) is 0 Å². The average molecular weight is 295 g/mol. The van der Waals surface area contributed by atoms with Crippen molar-refractivity contribution >= 4 is 17.3 Å². The van der Waals surface area contributed by atoms with Crippen LogP contribution in [-0.2, 0) is 4.74 Å². The maximum Gasteiger partial charge on any atom is 0.353 e. The van der Waals surface area contributed by atoms with E-state index in [4.69, 9.17) is 4.74 Å². The normalized spacial score (nSPS) is 18.2. The van der Waals surface area contributed by atoms with Crippen LogP contribution in [0.4, 0.5) is 17.3 Å². The molecule has 1 unspecified atom stereocenters. The predicted molar refractivity (Wildman–Crippen MR) is 79.5 cm³/mol. The highest BCUT2D eigenvalue weighted by Gasteiger charge is 2.23. The Morgan fingerprint density at radius 3 is 2.76 bits per heavy atom. The minimum atomic E-state index is -0.456. The summed E-state index contributed by atoms with van der Waals surface area (Å²) in [5.74, 6) is 0.492. The second-order valence-corrected chi connectivity index (χ2v) is 4.97. The van der Waals surface area contributed by atoms with Gasteiger partial charge in [-0.05, 0) is 25.7 Å². The van der Waals surface area contributed by atoms with Crippen LogP contribution < -0.4 is 10.6 Å². The molecule has 116 valence electrons. The highest BCUT2D eigenvalue weighted by molar-refractivity contribution is 5.69. The first-order valence-electron chi connectivity index (χ1n) is 7.31. The Morgan fingerprint density at radius 2 is 2.14 bits per heavy atom. The average Bonchev–Trinajstić information content (AvgIpc) is 2.51. The van der Waals surface area contributed by atoms with Crippen molar-refractivity contribution in [1.82, 2.24) is 9.97 Å². The minimum Gasteiger partial charge on any atom is -0.376 e. The summed E-state index contributed by atoms with van der Waals surface area (Å²) in [5, 5.41) is 17.3. The Morgan fingerprint density at radius 1 is 1.38 bits per heavy atom. The minimum absolute atomic E-state index is 0.0837. The monoisotopic (exact) mass is 295 g/mol. The lowest BCUT2D eigenvalue weighted by molar-refractivity contribution is -0.383. The molecule has 1 aromatic heterocycles. The van der Waals surface area contributed by atoms with Crippen molar-refractivity contribution in [1.29, 1.82) is 0 Å². The van der Waals surface area contributed by atoms with Gasteiger partial charge in [0, 0.05) is 19.7 Å². The highest BCUT2D eigenvalue weighted by Crippen LogP contribution is 2.29. The number of nitro groups is 1. The predicted octanol–water partition coefficient (Wildman–Crippen LogP) is 2.19. The maximum atomic E-state index is 11.3. The van der Waals surface area contributed by atoms with Crippen molar-refractivity contribution in [3.8, 4) is 0 Å². The van der Waals surface area contributed by atoms with Crippen molar-refractivity contribution in [2.45, 2.75) is 38.7 Å². The topological polar surface area (TPSA) is 102 Å². The van der Waals surface area contributed by atoms with E-state index >= 15 is 0 Å². The molecule has 8 nitrogen and oxygen atoms in total. The quantitative estimate of drug-likeness (QED) is 0.587. The summed E-state index contributed by atoms with van der Waals surface area (Å²) in [6, 6.07) is 0. The molecule has 1 aromatic rings. The molecule has 1 aliphatic heterocycles. The number of nitrogens with zero attached hydrogens (tertiary/aromatic N) is 3. The first-order chi connectivity index (χ1) is 10.2. The summed E-state index contributed by atoms with van der Waals surface area (Å²) < 4.78 is 5.60. The lowest BCUT2D eigenvalue weighted by atomic mass is 10.1. The van der Waals surface area contributed by atoms with E-state index in [1.54, 1.807) is 0 Å². The third-order valence-electron chi connectivity index (χ3n) is 3.32. The zero-order valence-corrected chi connectivity index (χ0v) is 12.2. The van der Waals surface area contributed by atoms with Gasteiger partial charge in [-0.25, -0.2) is 9.97 Å². The van der Waals surface area contributed by atoms with Gasteiger partial charge >= 0.3 is 5.69 Å². The van der Waals surface area contributed by atoms with Crippen LogP contribution >= 0.6 is 0 Å². The Bertz CT molecular complexity index is 477. The van der Waals surface area contributed by atoms with Gasteiger partial charge in [0.05, 0.1) is 11.0 Å². The first kappa shape index (κ1) is 15.4. The van der Waals surface area contributed by atoms with Crippen molar-refractivity contribution in [3.63, 3.8) is 0 Å². The van der Waals surface area contributed by atoms with Crippen molar-refractivity contribution in [2.75, 3.05) is 30.3 Å². The third kappa shape index (κ3) is 4.25. The van der Waals surface area contributed by atoms with Gasteiger partial charge in [-0.2, -0.15) is 0 Å².